The number of carbonyl (C=O) groups is 1. The maximum atomic E-state index is 10.4. The first-order chi connectivity index (χ1) is 7.22. The van der Waals surface area contributed by atoms with E-state index in [1.807, 2.05) is 6.92 Å². The van der Waals surface area contributed by atoms with E-state index in [-0.39, 0.29) is 6.42 Å². The first-order valence-electron chi connectivity index (χ1n) is 4.91. The van der Waals surface area contributed by atoms with Gasteiger partial charge in [-0.25, -0.2) is 0 Å². The third-order valence-corrected chi connectivity index (χ3v) is 1.80. The van der Waals surface area contributed by atoms with E-state index in [9.17, 15) is 4.79 Å². The van der Waals surface area contributed by atoms with E-state index in [0.717, 1.165) is 6.42 Å². The Balaban J connectivity index is 2.29. The summed E-state index contributed by atoms with van der Waals surface area (Å²) in [6.07, 6.45) is 2.43. The lowest BCUT2D eigenvalue weighted by Gasteiger charge is -2.00. The molecule has 0 unspecified atom stereocenters. The second kappa shape index (κ2) is 6.13. The minimum atomic E-state index is -0.892. The lowest BCUT2D eigenvalue weighted by Crippen LogP contribution is -2.03. The molecule has 0 aliphatic heterocycles. The highest BCUT2D eigenvalue weighted by atomic mass is 16.5. The number of ether oxygens (including phenoxy) is 1. The third kappa shape index (κ3) is 4.55. The van der Waals surface area contributed by atoms with E-state index in [0.29, 0.717) is 25.5 Å². The van der Waals surface area contributed by atoms with Crippen LogP contribution in [0.5, 0.6) is 0 Å². The molecule has 0 fully saturated rings. The number of aromatic nitrogens is 3. The molecule has 0 aliphatic carbocycles. The molecule has 0 bridgehead atoms. The zero-order valence-electron chi connectivity index (χ0n) is 8.72. The minimum absolute atomic E-state index is 0.0779. The van der Waals surface area contributed by atoms with Gasteiger partial charge in [-0.2, -0.15) is 0 Å². The molecule has 0 radical (unpaired) electrons. The lowest BCUT2D eigenvalue weighted by atomic mass is 10.3. The Morgan fingerprint density at radius 2 is 2.47 bits per heavy atom. The van der Waals surface area contributed by atoms with Crippen LogP contribution in [0.1, 0.15) is 19.0 Å². The van der Waals surface area contributed by atoms with Gasteiger partial charge in [-0.3, -0.25) is 9.48 Å². The number of aryl methyl sites for hydroxylation is 1. The van der Waals surface area contributed by atoms with Crippen molar-refractivity contribution in [2.45, 2.75) is 26.3 Å². The second-order valence-corrected chi connectivity index (χ2v) is 3.09. The molecule has 0 amide bonds. The van der Waals surface area contributed by atoms with Crippen molar-refractivity contribution in [2.75, 3.05) is 13.2 Å². The topological polar surface area (TPSA) is 77.2 Å². The van der Waals surface area contributed by atoms with Crippen LogP contribution in [-0.4, -0.2) is 39.3 Å². The van der Waals surface area contributed by atoms with Gasteiger partial charge in [-0.05, 0) is 13.3 Å². The molecule has 0 aliphatic rings. The summed E-state index contributed by atoms with van der Waals surface area (Å²) in [5, 5.41) is 16.1. The van der Waals surface area contributed by atoms with Crippen molar-refractivity contribution >= 4 is 5.97 Å². The van der Waals surface area contributed by atoms with Crippen molar-refractivity contribution in [1.82, 2.24) is 15.0 Å². The van der Waals surface area contributed by atoms with Crippen LogP contribution in [0, 0.1) is 0 Å². The van der Waals surface area contributed by atoms with Crippen molar-refractivity contribution in [3.05, 3.63) is 11.9 Å². The SMILES string of the molecule is CCOCCCn1cc(CC(=O)O)nn1. The Labute approximate surface area is 87.9 Å². The summed E-state index contributed by atoms with van der Waals surface area (Å²) in [7, 11) is 0. The van der Waals surface area contributed by atoms with Crippen LogP contribution in [0.15, 0.2) is 6.20 Å². The van der Waals surface area contributed by atoms with E-state index < -0.39 is 5.97 Å². The fourth-order valence-electron chi connectivity index (χ4n) is 1.16. The maximum Gasteiger partial charge on any atom is 0.309 e. The van der Waals surface area contributed by atoms with Gasteiger partial charge in [-0.15, -0.1) is 5.10 Å². The van der Waals surface area contributed by atoms with Crippen LogP contribution in [0.2, 0.25) is 0 Å². The molecule has 84 valence electrons. The molecule has 1 heterocycles. The van der Waals surface area contributed by atoms with E-state index in [1.54, 1.807) is 10.9 Å². The van der Waals surface area contributed by atoms with Gasteiger partial charge >= 0.3 is 5.97 Å². The van der Waals surface area contributed by atoms with Crippen molar-refractivity contribution in [3.8, 4) is 0 Å². The number of carboxylic acid groups (broad SMARTS) is 1. The highest BCUT2D eigenvalue weighted by molar-refractivity contribution is 5.69. The van der Waals surface area contributed by atoms with E-state index in [1.165, 1.54) is 0 Å². The highest BCUT2D eigenvalue weighted by Gasteiger charge is 2.04. The summed E-state index contributed by atoms with van der Waals surface area (Å²) < 4.78 is 6.81. The average molecular weight is 213 g/mol. The van der Waals surface area contributed by atoms with Crippen molar-refractivity contribution < 1.29 is 14.6 Å². The van der Waals surface area contributed by atoms with Gasteiger partial charge in [-0.1, -0.05) is 5.21 Å². The average Bonchev–Trinajstić information content (AvgIpc) is 2.59. The molecule has 0 atom stereocenters. The second-order valence-electron chi connectivity index (χ2n) is 3.09. The largest absolute Gasteiger partial charge is 0.481 e. The molecule has 0 spiro atoms. The number of aliphatic carboxylic acids is 1. The fraction of sp³-hybridized carbons (Fsp3) is 0.667. The maximum absolute atomic E-state index is 10.4. The molecule has 1 aromatic rings. The number of hydrogen-bond donors (Lipinski definition) is 1. The molecule has 6 heteroatoms. The fourth-order valence-corrected chi connectivity index (χ4v) is 1.16. The number of nitrogens with zero attached hydrogens (tertiary/aromatic N) is 3. The number of hydrogen-bond acceptors (Lipinski definition) is 4. The Hall–Kier alpha value is -1.43. The Morgan fingerprint density at radius 1 is 1.67 bits per heavy atom. The molecule has 1 rings (SSSR count). The predicted molar refractivity (Wildman–Crippen MR) is 52.5 cm³/mol. The smallest absolute Gasteiger partial charge is 0.309 e. The number of rotatable bonds is 7. The van der Waals surface area contributed by atoms with Crippen LogP contribution in [0.4, 0.5) is 0 Å². The van der Waals surface area contributed by atoms with E-state index >= 15 is 0 Å². The molecule has 15 heavy (non-hydrogen) atoms. The molecule has 0 saturated heterocycles. The lowest BCUT2D eigenvalue weighted by molar-refractivity contribution is -0.136. The van der Waals surface area contributed by atoms with Gasteiger partial charge in [0.15, 0.2) is 0 Å². The summed E-state index contributed by atoms with van der Waals surface area (Å²) in [6.45, 7) is 4.04. The predicted octanol–water partition coefficient (Wildman–Crippen LogP) is 0.332. The van der Waals surface area contributed by atoms with Gasteiger partial charge in [0.05, 0.1) is 12.1 Å². The Kier molecular flexibility index (Phi) is 4.76. The summed E-state index contributed by atoms with van der Waals surface area (Å²) >= 11 is 0. The Morgan fingerprint density at radius 3 is 3.13 bits per heavy atom. The summed E-state index contributed by atoms with van der Waals surface area (Å²) in [6, 6.07) is 0. The van der Waals surface area contributed by atoms with Crippen LogP contribution < -0.4 is 0 Å². The normalized spacial score (nSPS) is 10.5. The monoisotopic (exact) mass is 213 g/mol. The van der Waals surface area contributed by atoms with Gasteiger partial charge in [0.1, 0.15) is 0 Å². The van der Waals surface area contributed by atoms with Gasteiger partial charge in [0, 0.05) is 26.0 Å². The minimum Gasteiger partial charge on any atom is -0.481 e. The first-order valence-corrected chi connectivity index (χ1v) is 4.91. The molecule has 0 saturated carbocycles. The first kappa shape index (κ1) is 11.6. The molecule has 6 nitrogen and oxygen atoms in total. The molecular weight excluding hydrogens is 198 g/mol. The quantitative estimate of drug-likeness (QED) is 0.660. The van der Waals surface area contributed by atoms with E-state index in [4.69, 9.17) is 9.84 Å². The zero-order valence-corrected chi connectivity index (χ0v) is 8.72. The number of carboxylic acids is 1. The molecular formula is C9H15N3O3. The highest BCUT2D eigenvalue weighted by Crippen LogP contribution is 1.96. The Bertz CT molecular complexity index is 311. The zero-order chi connectivity index (χ0) is 11.1. The van der Waals surface area contributed by atoms with Crippen LogP contribution in [0.25, 0.3) is 0 Å². The molecule has 0 aromatic carbocycles. The molecule has 1 N–H and O–H groups in total. The summed E-state index contributed by atoms with van der Waals surface area (Å²) in [5.74, 6) is -0.892. The molecule has 1 aromatic heterocycles. The van der Waals surface area contributed by atoms with Gasteiger partial charge < -0.3 is 9.84 Å². The summed E-state index contributed by atoms with van der Waals surface area (Å²) in [4.78, 5) is 10.4. The third-order valence-electron chi connectivity index (χ3n) is 1.80. The van der Waals surface area contributed by atoms with Crippen molar-refractivity contribution in [2.24, 2.45) is 0 Å². The van der Waals surface area contributed by atoms with Crippen LogP contribution in [0.3, 0.4) is 0 Å². The van der Waals surface area contributed by atoms with Crippen molar-refractivity contribution in [1.29, 1.82) is 0 Å². The summed E-state index contributed by atoms with van der Waals surface area (Å²) in [5.41, 5.74) is 0.485. The van der Waals surface area contributed by atoms with Gasteiger partial charge in [0.25, 0.3) is 0 Å². The van der Waals surface area contributed by atoms with Crippen LogP contribution >= 0.6 is 0 Å². The van der Waals surface area contributed by atoms with Gasteiger partial charge in [0.2, 0.25) is 0 Å². The van der Waals surface area contributed by atoms with Crippen LogP contribution in [-0.2, 0) is 22.5 Å². The van der Waals surface area contributed by atoms with E-state index in [2.05, 4.69) is 10.3 Å². The standard InChI is InChI=1S/C9H15N3O3/c1-2-15-5-3-4-12-7-8(10-11-12)6-9(13)14/h7H,2-6H2,1H3,(H,13,14). The van der Waals surface area contributed by atoms with Crippen molar-refractivity contribution in [3.63, 3.8) is 0 Å².